The Hall–Kier alpha value is -2.30. The van der Waals surface area contributed by atoms with Crippen LogP contribution in [0.25, 0.3) is 0 Å². The van der Waals surface area contributed by atoms with Crippen LogP contribution in [0.1, 0.15) is 21.5 Å². The van der Waals surface area contributed by atoms with Gasteiger partial charge in [0.15, 0.2) is 0 Å². The average Bonchev–Trinajstić information content (AvgIpc) is 2.94. The fourth-order valence-corrected chi connectivity index (χ4v) is 2.40. The average molecular weight is 242 g/mol. The maximum atomic E-state index is 12.0. The van der Waals surface area contributed by atoms with Crippen molar-refractivity contribution in [3.8, 4) is 0 Å². The third-order valence-corrected chi connectivity index (χ3v) is 3.30. The summed E-state index contributed by atoms with van der Waals surface area (Å²) >= 11 is 0. The Kier molecular flexibility index (Phi) is 2.51. The van der Waals surface area contributed by atoms with Crippen LogP contribution >= 0.6 is 0 Å². The van der Waals surface area contributed by atoms with Crippen LogP contribution in [-0.4, -0.2) is 22.1 Å². The molecule has 2 aromatic rings. The molecule has 0 radical (unpaired) electrons. The fraction of sp³-hybridized carbons (Fsp3) is 0.231. The third kappa shape index (κ3) is 1.84. The molecule has 1 aromatic carbocycles. The van der Waals surface area contributed by atoms with Gasteiger partial charge >= 0.3 is 0 Å². The molecule has 1 aliphatic rings. The van der Waals surface area contributed by atoms with Crippen molar-refractivity contribution in [3.05, 3.63) is 47.2 Å². The molecule has 0 fully saturated rings. The minimum atomic E-state index is -0.168. The summed E-state index contributed by atoms with van der Waals surface area (Å²) in [5.74, 6) is 0.141. The molecule has 92 valence electrons. The molecule has 18 heavy (non-hydrogen) atoms. The third-order valence-electron chi connectivity index (χ3n) is 3.30. The smallest absolute Gasteiger partial charge is 0.256 e. The zero-order valence-corrected chi connectivity index (χ0v) is 9.81. The van der Waals surface area contributed by atoms with E-state index in [2.05, 4.69) is 27.6 Å². The number of hydrogen-bond donors (Lipinski definition) is 3. The van der Waals surface area contributed by atoms with E-state index in [0.717, 1.165) is 12.8 Å². The number of H-pyrrole nitrogens is 1. The number of nitrogens with zero attached hydrogens (tertiary/aromatic N) is 1. The molecule has 0 aliphatic heterocycles. The normalized spacial score (nSPS) is 14.4. The topological polar surface area (TPSA) is 83.8 Å². The highest BCUT2D eigenvalue weighted by Gasteiger charge is 2.23. The standard InChI is InChI=1S/C13H14N4O/c14-12-11(7-15-17-12)13(18)16-10-5-8-3-1-2-4-9(8)6-10/h1-4,7,10H,5-6H2,(H,16,18)(H3,14,15,17). The number of benzene rings is 1. The number of hydrogen-bond acceptors (Lipinski definition) is 3. The number of nitrogens with two attached hydrogens (primary N) is 1. The Morgan fingerprint density at radius 3 is 2.56 bits per heavy atom. The zero-order valence-electron chi connectivity index (χ0n) is 9.81. The van der Waals surface area contributed by atoms with Gasteiger partial charge in [-0.15, -0.1) is 0 Å². The molecule has 0 atom stereocenters. The molecular weight excluding hydrogens is 228 g/mol. The predicted octanol–water partition coefficient (Wildman–Crippen LogP) is 0.889. The van der Waals surface area contributed by atoms with Crippen LogP contribution in [0.4, 0.5) is 5.82 Å². The Morgan fingerprint density at radius 2 is 2.00 bits per heavy atom. The van der Waals surface area contributed by atoms with Crippen LogP contribution in [0, 0.1) is 0 Å². The summed E-state index contributed by atoms with van der Waals surface area (Å²) < 4.78 is 0. The number of aromatic amines is 1. The molecule has 1 heterocycles. The first kappa shape index (κ1) is 10.8. The summed E-state index contributed by atoms with van der Waals surface area (Å²) in [7, 11) is 0. The highest BCUT2D eigenvalue weighted by atomic mass is 16.1. The van der Waals surface area contributed by atoms with Gasteiger partial charge in [-0.2, -0.15) is 5.10 Å². The SMILES string of the molecule is Nc1[nH]ncc1C(=O)NC1Cc2ccccc2C1. The molecule has 1 aliphatic carbocycles. The molecule has 0 saturated heterocycles. The van der Waals surface area contributed by atoms with Crippen LogP contribution in [0.15, 0.2) is 30.5 Å². The van der Waals surface area contributed by atoms with Gasteiger partial charge in [-0.1, -0.05) is 24.3 Å². The summed E-state index contributed by atoms with van der Waals surface area (Å²) in [5.41, 5.74) is 8.65. The van der Waals surface area contributed by atoms with Gasteiger partial charge in [-0.25, -0.2) is 0 Å². The molecule has 0 saturated carbocycles. The van der Waals surface area contributed by atoms with Gasteiger partial charge in [0.2, 0.25) is 0 Å². The van der Waals surface area contributed by atoms with Gasteiger partial charge in [0, 0.05) is 6.04 Å². The van der Waals surface area contributed by atoms with Gasteiger partial charge in [-0.05, 0) is 24.0 Å². The molecule has 0 spiro atoms. The minimum absolute atomic E-state index is 0.143. The van der Waals surface area contributed by atoms with Gasteiger partial charge in [0.1, 0.15) is 11.4 Å². The van der Waals surface area contributed by atoms with Gasteiger partial charge in [0.25, 0.3) is 5.91 Å². The quantitative estimate of drug-likeness (QED) is 0.731. The van der Waals surface area contributed by atoms with Crippen molar-refractivity contribution in [2.24, 2.45) is 0 Å². The van der Waals surface area contributed by atoms with Crippen molar-refractivity contribution in [2.75, 3.05) is 5.73 Å². The monoisotopic (exact) mass is 242 g/mol. The minimum Gasteiger partial charge on any atom is -0.383 e. The van der Waals surface area contributed by atoms with Crippen molar-refractivity contribution in [1.82, 2.24) is 15.5 Å². The molecule has 0 bridgehead atoms. The lowest BCUT2D eigenvalue weighted by molar-refractivity contribution is 0.0939. The number of anilines is 1. The van der Waals surface area contributed by atoms with Crippen LogP contribution in [-0.2, 0) is 12.8 Å². The van der Waals surface area contributed by atoms with Gasteiger partial charge in [-0.3, -0.25) is 9.89 Å². The van der Waals surface area contributed by atoms with E-state index < -0.39 is 0 Å². The number of nitrogen functional groups attached to an aromatic ring is 1. The predicted molar refractivity (Wildman–Crippen MR) is 68.1 cm³/mol. The van der Waals surface area contributed by atoms with Crippen LogP contribution in [0.3, 0.4) is 0 Å². The van der Waals surface area contributed by atoms with Crippen molar-refractivity contribution in [2.45, 2.75) is 18.9 Å². The zero-order chi connectivity index (χ0) is 12.5. The van der Waals surface area contributed by atoms with E-state index in [0.29, 0.717) is 11.4 Å². The first-order chi connectivity index (χ1) is 8.74. The van der Waals surface area contributed by atoms with Crippen LogP contribution in [0.2, 0.25) is 0 Å². The van der Waals surface area contributed by atoms with E-state index in [9.17, 15) is 4.79 Å². The molecular formula is C13H14N4O. The Labute approximate surface area is 104 Å². The van der Waals surface area contributed by atoms with E-state index in [1.54, 1.807) is 0 Å². The molecule has 1 amide bonds. The maximum absolute atomic E-state index is 12.0. The number of amides is 1. The lowest BCUT2D eigenvalue weighted by atomic mass is 10.1. The fourth-order valence-electron chi connectivity index (χ4n) is 2.40. The molecule has 4 N–H and O–H groups in total. The molecule has 0 unspecified atom stereocenters. The Bertz CT molecular complexity index is 565. The van der Waals surface area contributed by atoms with E-state index in [1.807, 2.05) is 12.1 Å². The van der Waals surface area contributed by atoms with Crippen LogP contribution < -0.4 is 11.1 Å². The summed E-state index contributed by atoms with van der Waals surface area (Å²) in [5, 5.41) is 9.29. The van der Waals surface area contributed by atoms with Crippen LogP contribution in [0.5, 0.6) is 0 Å². The van der Waals surface area contributed by atoms with E-state index in [-0.39, 0.29) is 11.9 Å². The van der Waals surface area contributed by atoms with Crippen molar-refractivity contribution in [3.63, 3.8) is 0 Å². The number of rotatable bonds is 2. The number of fused-ring (bicyclic) bond motifs is 1. The Balaban J connectivity index is 1.70. The summed E-state index contributed by atoms with van der Waals surface area (Å²) in [6.45, 7) is 0. The van der Waals surface area contributed by atoms with E-state index in [4.69, 9.17) is 5.73 Å². The van der Waals surface area contributed by atoms with Gasteiger partial charge in [0.05, 0.1) is 6.20 Å². The second kappa shape index (κ2) is 4.18. The summed E-state index contributed by atoms with van der Waals surface area (Å²) in [4.78, 5) is 12.0. The molecule has 3 rings (SSSR count). The number of carbonyl (C=O) groups excluding carboxylic acids is 1. The maximum Gasteiger partial charge on any atom is 0.256 e. The molecule has 1 aromatic heterocycles. The van der Waals surface area contributed by atoms with Crippen molar-refractivity contribution >= 4 is 11.7 Å². The first-order valence-corrected chi connectivity index (χ1v) is 5.90. The second-order valence-corrected chi connectivity index (χ2v) is 4.54. The van der Waals surface area contributed by atoms with Crippen molar-refractivity contribution < 1.29 is 4.79 Å². The van der Waals surface area contributed by atoms with E-state index >= 15 is 0 Å². The second-order valence-electron chi connectivity index (χ2n) is 4.54. The van der Waals surface area contributed by atoms with Crippen molar-refractivity contribution in [1.29, 1.82) is 0 Å². The molecule has 5 heteroatoms. The number of carbonyl (C=O) groups is 1. The summed E-state index contributed by atoms with van der Waals surface area (Å²) in [6.07, 6.45) is 3.20. The largest absolute Gasteiger partial charge is 0.383 e. The molecule has 5 nitrogen and oxygen atoms in total. The van der Waals surface area contributed by atoms with E-state index in [1.165, 1.54) is 17.3 Å². The Morgan fingerprint density at radius 1 is 1.33 bits per heavy atom. The summed E-state index contributed by atoms with van der Waals surface area (Å²) in [6, 6.07) is 8.40. The van der Waals surface area contributed by atoms with Gasteiger partial charge < -0.3 is 11.1 Å². The first-order valence-electron chi connectivity index (χ1n) is 5.90. The highest BCUT2D eigenvalue weighted by Crippen LogP contribution is 2.22. The highest BCUT2D eigenvalue weighted by molar-refractivity contribution is 5.98. The lowest BCUT2D eigenvalue weighted by Gasteiger charge is -2.11. The lowest BCUT2D eigenvalue weighted by Crippen LogP contribution is -2.35. The number of aromatic nitrogens is 2. The number of nitrogens with one attached hydrogen (secondary N) is 2.